The van der Waals surface area contributed by atoms with Gasteiger partial charge >= 0.3 is 12.2 Å². The Labute approximate surface area is 335 Å². The number of amides is 4. The van der Waals surface area contributed by atoms with Gasteiger partial charge in [-0.15, -0.1) is 0 Å². The normalized spacial score (nSPS) is 18.2. The van der Waals surface area contributed by atoms with Crippen LogP contribution in [0.5, 0.6) is 11.5 Å². The van der Waals surface area contributed by atoms with Gasteiger partial charge in [-0.1, -0.05) is 12.1 Å². The second-order valence-corrected chi connectivity index (χ2v) is 15.2. The number of H-pyrrole nitrogens is 2. The molecule has 2 aromatic heterocycles. The Morgan fingerprint density at radius 2 is 1.55 bits per heavy atom. The number of aliphatic hydroxyl groups excluding tert-OH is 2. The quantitative estimate of drug-likeness (QED) is 0.0903. The van der Waals surface area contributed by atoms with Gasteiger partial charge in [0.25, 0.3) is 0 Å². The van der Waals surface area contributed by atoms with Crippen molar-refractivity contribution < 1.29 is 43.6 Å². The number of carbonyl (C=O) groups excluding carboxylic acids is 4. The van der Waals surface area contributed by atoms with Crippen LogP contribution in [0, 0.1) is 0 Å². The monoisotopic (exact) mass is 798 g/mol. The highest BCUT2D eigenvalue weighted by Crippen LogP contribution is 2.62. The number of unbranched alkanes of at least 4 members (excludes halogenated alkanes) is 1. The van der Waals surface area contributed by atoms with E-state index in [4.69, 9.17) is 4.74 Å². The Hall–Kier alpha value is -5.94. The molecule has 7 rings (SSSR count). The molecule has 4 amide bonds. The molecule has 1 aliphatic carbocycles. The molecule has 4 aromatic rings. The van der Waals surface area contributed by atoms with Crippen LogP contribution in [0.2, 0.25) is 0 Å². The number of rotatable bonds is 14. The van der Waals surface area contributed by atoms with Crippen LogP contribution < -0.4 is 20.7 Å². The van der Waals surface area contributed by atoms with Crippen LogP contribution in [0.1, 0.15) is 81.2 Å². The van der Waals surface area contributed by atoms with Crippen LogP contribution in [0.15, 0.2) is 48.8 Å². The number of aryl methyl sites for hydroxylation is 1. The number of likely N-dealkylation sites (tertiary alicyclic amines) is 1. The summed E-state index contributed by atoms with van der Waals surface area (Å²) in [5, 5.41) is 27.7. The highest BCUT2D eigenvalue weighted by molar-refractivity contribution is 5.87. The minimum Gasteiger partial charge on any atom is -0.457 e. The SMILES string of the molecule is COC(=O)NC(C(=O)NCCCCc1ncc(-c2ccc3c(c2)Oc2ccc(-c4cnc([C@@H]5CCCN5C(=O)[C@@H](NC(=O)OC)[C@H](C)O)[nH]4)cc2C32CC2)[nH]1)C(C)O. The molecule has 1 spiro atoms. The summed E-state index contributed by atoms with van der Waals surface area (Å²) in [6, 6.07) is 9.85. The molecule has 5 atom stereocenters. The fourth-order valence-corrected chi connectivity index (χ4v) is 7.94. The van der Waals surface area contributed by atoms with Gasteiger partial charge in [-0.25, -0.2) is 19.6 Å². The maximum absolute atomic E-state index is 13.5. The average molecular weight is 799 g/mol. The van der Waals surface area contributed by atoms with Gasteiger partial charge in [0, 0.05) is 47.2 Å². The van der Waals surface area contributed by atoms with E-state index in [9.17, 15) is 29.4 Å². The van der Waals surface area contributed by atoms with Crippen molar-refractivity contribution >= 4 is 24.0 Å². The van der Waals surface area contributed by atoms with E-state index in [1.165, 1.54) is 28.1 Å². The number of aromatic amines is 2. The van der Waals surface area contributed by atoms with E-state index in [-0.39, 0.29) is 11.5 Å². The van der Waals surface area contributed by atoms with E-state index >= 15 is 0 Å². The number of aromatic nitrogens is 4. The van der Waals surface area contributed by atoms with Gasteiger partial charge in [-0.3, -0.25) is 9.59 Å². The van der Waals surface area contributed by atoms with E-state index in [0.29, 0.717) is 38.2 Å². The number of methoxy groups -OCH3 is 2. The molecule has 3 aliphatic rings. The third-order valence-electron chi connectivity index (χ3n) is 11.2. The smallest absolute Gasteiger partial charge is 0.407 e. The van der Waals surface area contributed by atoms with Crippen LogP contribution in [0.25, 0.3) is 22.5 Å². The van der Waals surface area contributed by atoms with Gasteiger partial charge in [-0.05, 0) is 76.6 Å². The Bertz CT molecular complexity index is 2160. The lowest BCUT2D eigenvalue weighted by Crippen LogP contribution is -2.53. The van der Waals surface area contributed by atoms with Crippen molar-refractivity contribution in [3.05, 3.63) is 71.6 Å². The maximum Gasteiger partial charge on any atom is 0.407 e. The predicted molar refractivity (Wildman–Crippen MR) is 210 cm³/mol. The molecular formula is C41H50N8O9. The summed E-state index contributed by atoms with van der Waals surface area (Å²) in [6.45, 7) is 3.73. The molecule has 2 aliphatic heterocycles. The summed E-state index contributed by atoms with van der Waals surface area (Å²) in [7, 11) is 2.40. The van der Waals surface area contributed by atoms with Crippen molar-refractivity contribution in [2.45, 2.75) is 94.5 Å². The lowest BCUT2D eigenvalue weighted by molar-refractivity contribution is -0.137. The number of nitrogens with one attached hydrogen (secondary N) is 5. The summed E-state index contributed by atoms with van der Waals surface area (Å²) in [5.74, 6) is 2.20. The number of aliphatic hydroxyl groups is 2. The first-order valence-electron chi connectivity index (χ1n) is 19.6. The molecule has 0 bridgehead atoms. The van der Waals surface area contributed by atoms with Crippen molar-refractivity contribution in [3.63, 3.8) is 0 Å². The number of ether oxygens (including phenoxy) is 3. The summed E-state index contributed by atoms with van der Waals surface area (Å²) in [6.07, 6.45) is 5.35. The number of carbonyl (C=O) groups is 4. The first-order chi connectivity index (χ1) is 27.9. The van der Waals surface area contributed by atoms with E-state index in [0.717, 1.165) is 76.6 Å². The van der Waals surface area contributed by atoms with E-state index in [1.807, 2.05) is 18.3 Å². The second kappa shape index (κ2) is 16.9. The minimum absolute atomic E-state index is 0.156. The van der Waals surface area contributed by atoms with Gasteiger partial charge in [0.2, 0.25) is 11.8 Å². The Morgan fingerprint density at radius 1 is 0.879 bits per heavy atom. The van der Waals surface area contributed by atoms with Crippen molar-refractivity contribution in [3.8, 4) is 34.0 Å². The highest BCUT2D eigenvalue weighted by atomic mass is 16.5. The number of alkyl carbamates (subject to hydrolysis) is 2. The van der Waals surface area contributed by atoms with Gasteiger partial charge in [-0.2, -0.15) is 0 Å². The molecule has 2 unspecified atom stereocenters. The van der Waals surface area contributed by atoms with Gasteiger partial charge < -0.3 is 55.2 Å². The van der Waals surface area contributed by atoms with E-state index < -0.39 is 48.3 Å². The van der Waals surface area contributed by atoms with Gasteiger partial charge in [0.05, 0.1) is 56.3 Å². The molecule has 4 heterocycles. The second-order valence-electron chi connectivity index (χ2n) is 15.2. The van der Waals surface area contributed by atoms with Crippen LogP contribution in [-0.2, 0) is 30.9 Å². The topological polar surface area (TPSA) is 233 Å². The molecule has 58 heavy (non-hydrogen) atoms. The number of hydrogen-bond acceptors (Lipinski definition) is 11. The Morgan fingerprint density at radius 3 is 2.26 bits per heavy atom. The third-order valence-corrected chi connectivity index (χ3v) is 11.2. The zero-order valence-electron chi connectivity index (χ0n) is 33.0. The number of nitrogens with zero attached hydrogens (tertiary/aromatic N) is 3. The van der Waals surface area contributed by atoms with Gasteiger partial charge in [0.15, 0.2) is 0 Å². The molecule has 308 valence electrons. The lowest BCUT2D eigenvalue weighted by Gasteiger charge is -2.29. The summed E-state index contributed by atoms with van der Waals surface area (Å²) in [4.78, 5) is 67.1. The maximum atomic E-state index is 13.5. The highest BCUT2D eigenvalue weighted by Gasteiger charge is 2.52. The predicted octanol–water partition coefficient (Wildman–Crippen LogP) is 3.97. The van der Waals surface area contributed by atoms with Crippen LogP contribution in [0.3, 0.4) is 0 Å². The summed E-state index contributed by atoms with van der Waals surface area (Å²) >= 11 is 0. The summed E-state index contributed by atoms with van der Waals surface area (Å²) in [5.41, 5.74) is 5.68. The largest absolute Gasteiger partial charge is 0.457 e. The van der Waals surface area contributed by atoms with E-state index in [2.05, 4.69) is 69.6 Å². The minimum atomic E-state index is -1.14. The van der Waals surface area contributed by atoms with Crippen LogP contribution in [0.4, 0.5) is 9.59 Å². The van der Waals surface area contributed by atoms with Crippen LogP contribution >= 0.6 is 0 Å². The zero-order valence-corrected chi connectivity index (χ0v) is 33.0. The molecule has 0 radical (unpaired) electrons. The zero-order chi connectivity index (χ0) is 41.1. The first kappa shape index (κ1) is 40.3. The Kier molecular flexibility index (Phi) is 11.7. The lowest BCUT2D eigenvalue weighted by atomic mass is 9.83. The molecule has 17 heteroatoms. The first-order valence-corrected chi connectivity index (χ1v) is 19.6. The van der Waals surface area contributed by atoms with Crippen molar-refractivity contribution in [2.75, 3.05) is 27.3 Å². The molecule has 1 saturated heterocycles. The molecule has 7 N–H and O–H groups in total. The molecule has 2 fully saturated rings. The number of benzene rings is 2. The fourth-order valence-electron chi connectivity index (χ4n) is 7.94. The Balaban J connectivity index is 0.984. The standard InChI is InChI=1S/C41H50N8O9/c1-22(50)34(47-39(54)56-3)37(52)42-16-6-5-9-33-43-20-28(45-33)25-10-12-26-32(19-25)58-31-13-11-24(18-27(31)41(26)14-15-41)29-21-44-36(46-29)30-8-7-17-49(30)38(53)35(23(2)51)48-40(55)57-4/h10-13,18-23,30,34-35,50-51H,5-9,14-17H2,1-4H3,(H,42,52)(H,43,45)(H,44,46)(H,47,54)(H,48,55)/t22?,23-,30-,34?,35-/m0/s1. The molecule has 2 aromatic carbocycles. The van der Waals surface area contributed by atoms with Crippen molar-refractivity contribution in [2.24, 2.45) is 0 Å². The fraction of sp³-hybridized carbons (Fsp3) is 0.463. The molecule has 1 saturated carbocycles. The molecular weight excluding hydrogens is 748 g/mol. The van der Waals surface area contributed by atoms with Gasteiger partial charge in [0.1, 0.15) is 35.2 Å². The number of hydrogen-bond donors (Lipinski definition) is 7. The third kappa shape index (κ3) is 8.22. The van der Waals surface area contributed by atoms with E-state index in [1.54, 1.807) is 11.1 Å². The average Bonchev–Trinajstić information content (AvgIpc) is 3.57. The number of fused-ring (bicyclic) bond motifs is 4. The van der Waals surface area contributed by atoms with Crippen LogP contribution in [-0.4, -0.2) is 111 Å². The molecule has 17 nitrogen and oxygen atoms in total. The summed E-state index contributed by atoms with van der Waals surface area (Å²) < 4.78 is 15.7. The number of imidazole rings is 2. The van der Waals surface area contributed by atoms with Crippen molar-refractivity contribution in [1.82, 2.24) is 40.8 Å². The van der Waals surface area contributed by atoms with Crippen molar-refractivity contribution in [1.29, 1.82) is 0 Å².